The summed E-state index contributed by atoms with van der Waals surface area (Å²) in [6, 6.07) is 14.5. The minimum atomic E-state index is -0.128. The van der Waals surface area contributed by atoms with Crippen molar-refractivity contribution in [3.8, 4) is 5.69 Å². The fourth-order valence-electron chi connectivity index (χ4n) is 3.04. The highest BCUT2D eigenvalue weighted by atomic mass is 35.5. The molecule has 0 aliphatic rings. The summed E-state index contributed by atoms with van der Waals surface area (Å²) in [5, 5.41) is 4.67. The number of nitrogens with zero attached hydrogens (tertiary/aromatic N) is 2. The van der Waals surface area contributed by atoms with Crippen LogP contribution in [0.3, 0.4) is 0 Å². The highest BCUT2D eigenvalue weighted by molar-refractivity contribution is 7.99. The molecule has 0 aliphatic heterocycles. The number of benzene rings is 2. The zero-order valence-corrected chi connectivity index (χ0v) is 18.8. The molecule has 3 aromatic rings. The Hall–Kier alpha value is -2.31. The molecular weight excluding hydrogens is 418 g/mol. The number of hydrogen-bond acceptors (Lipinski definition) is 4. The summed E-state index contributed by atoms with van der Waals surface area (Å²) < 4.78 is 1.60. The first kappa shape index (κ1) is 22.4. The number of para-hydroxylation sites is 1. The van der Waals surface area contributed by atoms with Crippen LogP contribution in [0.2, 0.25) is 5.02 Å². The van der Waals surface area contributed by atoms with Crippen LogP contribution in [-0.4, -0.2) is 27.8 Å². The lowest BCUT2D eigenvalue weighted by atomic mass is 10.1. The first-order valence-corrected chi connectivity index (χ1v) is 11.5. The molecule has 0 saturated carbocycles. The highest BCUT2D eigenvalue weighted by Crippen LogP contribution is 2.23. The molecule has 1 heterocycles. The maximum absolute atomic E-state index is 13.2. The number of hydrogen-bond donors (Lipinski definition) is 1. The second-order valence-electron chi connectivity index (χ2n) is 7.52. The Morgan fingerprint density at radius 1 is 1.20 bits per heavy atom. The zero-order chi connectivity index (χ0) is 21.5. The molecule has 3 rings (SSSR count). The molecule has 5 nitrogen and oxygen atoms in total. The highest BCUT2D eigenvalue weighted by Gasteiger charge is 2.14. The number of nitrogens with one attached hydrogen (secondary N) is 1. The van der Waals surface area contributed by atoms with Crippen molar-refractivity contribution in [3.63, 3.8) is 0 Å². The summed E-state index contributed by atoms with van der Waals surface area (Å²) in [5.41, 5.74) is 1.21. The van der Waals surface area contributed by atoms with E-state index in [1.165, 1.54) is 11.8 Å². The largest absolute Gasteiger partial charge is 0.356 e. The maximum atomic E-state index is 13.2. The van der Waals surface area contributed by atoms with E-state index in [1.807, 2.05) is 30.3 Å². The number of carbonyl (C=O) groups is 1. The van der Waals surface area contributed by atoms with Gasteiger partial charge >= 0.3 is 0 Å². The van der Waals surface area contributed by atoms with Crippen molar-refractivity contribution in [3.05, 3.63) is 63.9 Å². The third-order valence-corrected chi connectivity index (χ3v) is 5.89. The van der Waals surface area contributed by atoms with Gasteiger partial charge in [-0.2, -0.15) is 0 Å². The molecule has 0 atom stereocenters. The topological polar surface area (TPSA) is 64.0 Å². The molecule has 0 bridgehead atoms. The number of thioether (sulfide) groups is 1. The Labute approximate surface area is 185 Å². The molecule has 0 radical (unpaired) electrons. The standard InChI is InChI=1S/C23H26ClN3O2S/c1-16(2)12-13-25-21(28)11-6-14-30-23-26-20-10-4-3-9-19(20)22(29)27(23)18-8-5-7-17(24)15-18/h3-5,7-10,15-16H,6,11-14H2,1-2H3,(H,25,28). The van der Waals surface area contributed by atoms with Crippen LogP contribution in [0, 0.1) is 5.92 Å². The van der Waals surface area contributed by atoms with Crippen LogP contribution in [0.4, 0.5) is 0 Å². The Morgan fingerprint density at radius 3 is 2.77 bits per heavy atom. The third-order valence-electron chi connectivity index (χ3n) is 4.63. The SMILES string of the molecule is CC(C)CCNC(=O)CCCSc1nc2ccccc2c(=O)n1-c1cccc(Cl)c1. The van der Waals surface area contributed by atoms with E-state index in [1.54, 1.807) is 22.8 Å². The zero-order valence-electron chi connectivity index (χ0n) is 17.2. The maximum Gasteiger partial charge on any atom is 0.266 e. The van der Waals surface area contributed by atoms with Crippen LogP contribution in [-0.2, 0) is 4.79 Å². The van der Waals surface area contributed by atoms with Gasteiger partial charge in [-0.3, -0.25) is 14.2 Å². The predicted molar refractivity (Wildman–Crippen MR) is 125 cm³/mol. The molecular formula is C23H26ClN3O2S. The number of aromatic nitrogens is 2. The second kappa shape index (κ2) is 10.6. The molecule has 1 amide bonds. The van der Waals surface area contributed by atoms with Gasteiger partial charge in [0, 0.05) is 23.7 Å². The Kier molecular flexibility index (Phi) is 7.94. The Morgan fingerprint density at radius 2 is 2.00 bits per heavy atom. The molecule has 30 heavy (non-hydrogen) atoms. The predicted octanol–water partition coefficient (Wildman–Crippen LogP) is 5.07. The van der Waals surface area contributed by atoms with Crippen LogP contribution < -0.4 is 10.9 Å². The van der Waals surface area contributed by atoms with Gasteiger partial charge in [0.05, 0.1) is 16.6 Å². The molecule has 0 unspecified atom stereocenters. The van der Waals surface area contributed by atoms with Crippen LogP contribution in [0.15, 0.2) is 58.5 Å². The van der Waals surface area contributed by atoms with Gasteiger partial charge in [0.1, 0.15) is 0 Å². The summed E-state index contributed by atoms with van der Waals surface area (Å²) in [5.74, 6) is 1.32. The van der Waals surface area contributed by atoms with Crippen LogP contribution in [0.1, 0.15) is 33.1 Å². The third kappa shape index (κ3) is 5.86. The lowest BCUT2D eigenvalue weighted by molar-refractivity contribution is -0.121. The summed E-state index contributed by atoms with van der Waals surface area (Å²) >= 11 is 7.63. The molecule has 1 aromatic heterocycles. The number of rotatable bonds is 9. The number of halogens is 1. The van der Waals surface area contributed by atoms with E-state index in [4.69, 9.17) is 16.6 Å². The van der Waals surface area contributed by atoms with E-state index >= 15 is 0 Å². The summed E-state index contributed by atoms with van der Waals surface area (Å²) in [4.78, 5) is 29.9. The minimum Gasteiger partial charge on any atom is -0.356 e. The first-order valence-electron chi connectivity index (χ1n) is 10.1. The van der Waals surface area contributed by atoms with Gasteiger partial charge in [0.15, 0.2) is 5.16 Å². The van der Waals surface area contributed by atoms with E-state index in [-0.39, 0.29) is 11.5 Å². The Balaban J connectivity index is 1.75. The minimum absolute atomic E-state index is 0.0648. The van der Waals surface area contributed by atoms with Crippen molar-refractivity contribution in [1.82, 2.24) is 14.9 Å². The number of carbonyl (C=O) groups excluding carboxylic acids is 1. The molecule has 2 aromatic carbocycles. The average molecular weight is 444 g/mol. The summed E-state index contributed by atoms with van der Waals surface area (Å²) in [6.45, 7) is 4.99. The summed E-state index contributed by atoms with van der Waals surface area (Å²) in [7, 11) is 0. The second-order valence-corrected chi connectivity index (χ2v) is 9.01. The molecule has 158 valence electrons. The van der Waals surface area contributed by atoms with Gasteiger partial charge in [-0.1, -0.05) is 55.4 Å². The molecule has 0 saturated heterocycles. The number of fused-ring (bicyclic) bond motifs is 1. The average Bonchev–Trinajstić information content (AvgIpc) is 2.71. The summed E-state index contributed by atoms with van der Waals surface area (Å²) in [6.07, 6.45) is 2.14. The van der Waals surface area contributed by atoms with Crippen LogP contribution >= 0.6 is 23.4 Å². The van der Waals surface area contributed by atoms with E-state index in [0.29, 0.717) is 57.8 Å². The molecule has 0 aliphatic carbocycles. The van der Waals surface area contributed by atoms with Gasteiger partial charge in [0.2, 0.25) is 5.91 Å². The molecule has 1 N–H and O–H groups in total. The lowest BCUT2D eigenvalue weighted by Crippen LogP contribution is -2.25. The fraction of sp³-hybridized carbons (Fsp3) is 0.348. The molecule has 7 heteroatoms. The van der Waals surface area contributed by atoms with Crippen molar-refractivity contribution in [2.45, 2.75) is 38.3 Å². The van der Waals surface area contributed by atoms with Gasteiger partial charge in [-0.05, 0) is 49.1 Å². The van der Waals surface area contributed by atoms with Crippen molar-refractivity contribution in [2.24, 2.45) is 5.92 Å². The van der Waals surface area contributed by atoms with Crippen molar-refractivity contribution < 1.29 is 4.79 Å². The van der Waals surface area contributed by atoms with Crippen LogP contribution in [0.5, 0.6) is 0 Å². The molecule has 0 spiro atoms. The van der Waals surface area contributed by atoms with Crippen molar-refractivity contribution >= 4 is 40.2 Å². The van der Waals surface area contributed by atoms with Crippen LogP contribution in [0.25, 0.3) is 16.6 Å². The van der Waals surface area contributed by atoms with Gasteiger partial charge < -0.3 is 5.32 Å². The normalized spacial score (nSPS) is 11.2. The molecule has 0 fully saturated rings. The van der Waals surface area contributed by atoms with E-state index in [0.717, 1.165) is 6.42 Å². The fourth-order valence-corrected chi connectivity index (χ4v) is 4.17. The quantitative estimate of drug-likeness (QED) is 0.285. The first-order chi connectivity index (χ1) is 14.5. The van der Waals surface area contributed by atoms with Gasteiger partial charge in [0.25, 0.3) is 5.56 Å². The van der Waals surface area contributed by atoms with Crippen molar-refractivity contribution in [2.75, 3.05) is 12.3 Å². The van der Waals surface area contributed by atoms with E-state index in [9.17, 15) is 9.59 Å². The van der Waals surface area contributed by atoms with Crippen molar-refractivity contribution in [1.29, 1.82) is 0 Å². The van der Waals surface area contributed by atoms with E-state index < -0.39 is 0 Å². The van der Waals surface area contributed by atoms with Gasteiger partial charge in [-0.15, -0.1) is 0 Å². The van der Waals surface area contributed by atoms with E-state index in [2.05, 4.69) is 19.2 Å². The monoisotopic (exact) mass is 443 g/mol. The van der Waals surface area contributed by atoms with Gasteiger partial charge in [-0.25, -0.2) is 4.98 Å². The number of amides is 1. The lowest BCUT2D eigenvalue weighted by Gasteiger charge is -2.13. The smallest absolute Gasteiger partial charge is 0.266 e. The Bertz CT molecular complexity index is 1080.